The molecule has 0 aromatic carbocycles. The molecule has 0 aromatic heterocycles. The summed E-state index contributed by atoms with van der Waals surface area (Å²) < 4.78 is 30.8. The Balaban J connectivity index is 2.65. The maximum absolute atomic E-state index is 11.9. The van der Waals surface area contributed by atoms with E-state index in [1.54, 1.807) is 11.4 Å². The highest BCUT2D eigenvalue weighted by Gasteiger charge is 2.30. The van der Waals surface area contributed by atoms with Gasteiger partial charge in [-0.3, -0.25) is 0 Å². The summed E-state index contributed by atoms with van der Waals surface area (Å²) >= 11 is 0. The van der Waals surface area contributed by atoms with Gasteiger partial charge in [0.05, 0.1) is 19.0 Å². The lowest BCUT2D eigenvalue weighted by atomic mass is 10.2. The molecule has 0 aromatic rings. The fourth-order valence-corrected chi connectivity index (χ4v) is 3.39. The minimum absolute atomic E-state index is 0.0145. The van der Waals surface area contributed by atoms with Gasteiger partial charge in [0.2, 0.25) is 10.0 Å². The van der Waals surface area contributed by atoms with Crippen LogP contribution >= 0.6 is 0 Å². The molecule has 5 nitrogen and oxygen atoms in total. The van der Waals surface area contributed by atoms with Crippen LogP contribution in [0.1, 0.15) is 13.3 Å². The topological polar surface area (TPSA) is 58.6 Å². The fourth-order valence-electron chi connectivity index (χ4n) is 1.68. The van der Waals surface area contributed by atoms with Gasteiger partial charge in [-0.2, -0.15) is 4.31 Å². The van der Waals surface area contributed by atoms with Crippen LogP contribution in [0.15, 0.2) is 0 Å². The molecule has 0 radical (unpaired) electrons. The van der Waals surface area contributed by atoms with Crippen molar-refractivity contribution in [2.45, 2.75) is 19.4 Å². The van der Waals surface area contributed by atoms with E-state index < -0.39 is 10.0 Å². The predicted molar refractivity (Wildman–Crippen MR) is 59.3 cm³/mol. The Morgan fingerprint density at radius 3 is 2.87 bits per heavy atom. The van der Waals surface area contributed by atoms with Crippen LogP contribution in [0.5, 0.6) is 0 Å². The van der Waals surface area contributed by atoms with Crippen molar-refractivity contribution in [3.63, 3.8) is 0 Å². The molecule has 1 saturated heterocycles. The summed E-state index contributed by atoms with van der Waals surface area (Å²) in [7, 11) is -1.36. The third-order valence-electron chi connectivity index (χ3n) is 2.61. The molecule has 90 valence electrons. The molecule has 1 N–H and O–H groups in total. The van der Waals surface area contributed by atoms with Crippen molar-refractivity contribution in [2.24, 2.45) is 0 Å². The molecule has 1 aliphatic heterocycles. The van der Waals surface area contributed by atoms with E-state index in [0.29, 0.717) is 26.3 Å². The molecule has 6 heteroatoms. The second-order valence-corrected chi connectivity index (χ2v) is 5.71. The number of hydrogen-bond donors (Lipinski definition) is 1. The smallest absolute Gasteiger partial charge is 0.215 e. The van der Waals surface area contributed by atoms with Gasteiger partial charge in [-0.25, -0.2) is 8.42 Å². The number of nitrogens with one attached hydrogen (secondary N) is 1. The van der Waals surface area contributed by atoms with E-state index in [1.165, 1.54) is 0 Å². The van der Waals surface area contributed by atoms with E-state index in [4.69, 9.17) is 4.74 Å². The molecule has 0 spiro atoms. The normalized spacial score (nSPS) is 24.3. The van der Waals surface area contributed by atoms with Gasteiger partial charge in [-0.1, -0.05) is 6.92 Å². The molecule has 1 fully saturated rings. The van der Waals surface area contributed by atoms with Crippen molar-refractivity contribution in [3.05, 3.63) is 0 Å². The first-order chi connectivity index (χ1) is 7.11. The zero-order valence-corrected chi connectivity index (χ0v) is 10.2. The highest BCUT2D eigenvalue weighted by Crippen LogP contribution is 2.15. The molecular weight excluding hydrogens is 216 g/mol. The zero-order valence-electron chi connectivity index (χ0n) is 9.40. The van der Waals surface area contributed by atoms with Crippen LogP contribution in [0, 0.1) is 0 Å². The first-order valence-corrected chi connectivity index (χ1v) is 6.94. The van der Waals surface area contributed by atoms with Gasteiger partial charge < -0.3 is 10.1 Å². The van der Waals surface area contributed by atoms with Gasteiger partial charge in [-0.15, -0.1) is 0 Å². The van der Waals surface area contributed by atoms with E-state index in [1.807, 2.05) is 6.92 Å². The maximum atomic E-state index is 11.9. The molecule has 1 atom stereocenters. The van der Waals surface area contributed by atoms with Crippen LogP contribution in [0.2, 0.25) is 0 Å². The summed E-state index contributed by atoms with van der Waals surface area (Å²) in [5, 5.41) is 2.86. The summed E-state index contributed by atoms with van der Waals surface area (Å²) in [5.41, 5.74) is 0. The van der Waals surface area contributed by atoms with Crippen LogP contribution in [0.25, 0.3) is 0 Å². The second kappa shape index (κ2) is 5.79. The first kappa shape index (κ1) is 12.9. The number of sulfonamides is 1. The Kier molecular flexibility index (Phi) is 4.98. The van der Waals surface area contributed by atoms with Crippen molar-refractivity contribution in [2.75, 3.05) is 39.1 Å². The lowest BCUT2D eigenvalue weighted by Crippen LogP contribution is -2.49. The average Bonchev–Trinajstić information content (AvgIpc) is 2.26. The maximum Gasteiger partial charge on any atom is 0.215 e. The van der Waals surface area contributed by atoms with E-state index in [0.717, 1.165) is 6.42 Å². The van der Waals surface area contributed by atoms with Gasteiger partial charge >= 0.3 is 0 Å². The number of ether oxygens (including phenoxy) is 1. The molecule has 0 bridgehead atoms. The lowest BCUT2D eigenvalue weighted by molar-refractivity contribution is 0.0314. The number of rotatable bonds is 5. The molecular formula is C9H20N2O3S. The second-order valence-electron chi connectivity index (χ2n) is 3.67. The van der Waals surface area contributed by atoms with Gasteiger partial charge in [-0.05, 0) is 13.5 Å². The molecule has 0 saturated carbocycles. The van der Waals surface area contributed by atoms with E-state index in [-0.39, 0.29) is 11.8 Å². The number of hydrogen-bond acceptors (Lipinski definition) is 4. The summed E-state index contributed by atoms with van der Waals surface area (Å²) in [6, 6.07) is 0.0145. The molecule has 1 unspecified atom stereocenters. The highest BCUT2D eigenvalue weighted by molar-refractivity contribution is 7.89. The summed E-state index contributed by atoms with van der Waals surface area (Å²) in [6.45, 7) is 4.01. The average molecular weight is 236 g/mol. The Hall–Kier alpha value is -0.170. The van der Waals surface area contributed by atoms with Crippen LogP contribution in [-0.4, -0.2) is 57.9 Å². The van der Waals surface area contributed by atoms with Crippen LogP contribution in [-0.2, 0) is 14.8 Å². The van der Waals surface area contributed by atoms with Gasteiger partial charge in [0.15, 0.2) is 0 Å². The fraction of sp³-hybridized carbons (Fsp3) is 1.00. The molecule has 1 rings (SSSR count). The monoisotopic (exact) mass is 236 g/mol. The van der Waals surface area contributed by atoms with Crippen LogP contribution < -0.4 is 5.32 Å². The SMILES string of the molecule is CCC1COCCN1S(=O)(=O)CCNC. The van der Waals surface area contributed by atoms with Crippen molar-refractivity contribution in [1.82, 2.24) is 9.62 Å². The highest BCUT2D eigenvalue weighted by atomic mass is 32.2. The number of morpholine rings is 1. The zero-order chi connectivity index (χ0) is 11.3. The summed E-state index contributed by atoms with van der Waals surface area (Å²) in [6.07, 6.45) is 0.804. The predicted octanol–water partition coefficient (Wildman–Crippen LogP) is -0.354. The van der Waals surface area contributed by atoms with Crippen molar-refractivity contribution in [3.8, 4) is 0 Å². The minimum Gasteiger partial charge on any atom is -0.378 e. The molecule has 1 heterocycles. The molecule has 15 heavy (non-hydrogen) atoms. The molecule has 0 aliphatic carbocycles. The molecule has 0 amide bonds. The Labute approximate surface area is 91.8 Å². The standard InChI is InChI=1S/C9H20N2O3S/c1-3-9-8-14-6-5-11(9)15(12,13)7-4-10-2/h9-10H,3-8H2,1-2H3. The number of nitrogens with zero attached hydrogens (tertiary/aromatic N) is 1. The first-order valence-electron chi connectivity index (χ1n) is 5.33. The van der Waals surface area contributed by atoms with E-state index >= 15 is 0 Å². The van der Waals surface area contributed by atoms with Crippen molar-refractivity contribution >= 4 is 10.0 Å². The van der Waals surface area contributed by atoms with Crippen molar-refractivity contribution in [1.29, 1.82) is 0 Å². The summed E-state index contributed by atoms with van der Waals surface area (Å²) in [4.78, 5) is 0. The third kappa shape index (κ3) is 3.41. The summed E-state index contributed by atoms with van der Waals surface area (Å²) in [5.74, 6) is 0.167. The Morgan fingerprint density at radius 1 is 1.53 bits per heavy atom. The largest absolute Gasteiger partial charge is 0.378 e. The van der Waals surface area contributed by atoms with Gasteiger partial charge in [0, 0.05) is 19.1 Å². The van der Waals surface area contributed by atoms with Gasteiger partial charge in [0.1, 0.15) is 0 Å². The van der Waals surface area contributed by atoms with Gasteiger partial charge in [0.25, 0.3) is 0 Å². The Bertz CT molecular complexity index is 279. The minimum atomic E-state index is -3.12. The lowest BCUT2D eigenvalue weighted by Gasteiger charge is -2.33. The Morgan fingerprint density at radius 2 is 2.27 bits per heavy atom. The molecule has 1 aliphatic rings. The van der Waals surface area contributed by atoms with E-state index in [2.05, 4.69) is 5.32 Å². The third-order valence-corrected chi connectivity index (χ3v) is 4.53. The quantitative estimate of drug-likeness (QED) is 0.708. The van der Waals surface area contributed by atoms with E-state index in [9.17, 15) is 8.42 Å². The van der Waals surface area contributed by atoms with Crippen LogP contribution in [0.4, 0.5) is 0 Å². The van der Waals surface area contributed by atoms with Crippen LogP contribution in [0.3, 0.4) is 0 Å². The van der Waals surface area contributed by atoms with Crippen molar-refractivity contribution < 1.29 is 13.2 Å².